The molecule has 1 aromatic carbocycles. The Morgan fingerprint density at radius 1 is 0.933 bits per heavy atom. The molecule has 0 fully saturated rings. The minimum absolute atomic E-state index is 0.0769. The molecule has 11 nitrogen and oxygen atoms in total. The van der Waals surface area contributed by atoms with Crippen molar-refractivity contribution in [3.8, 4) is 11.8 Å². The fraction of sp³-hybridized carbons (Fsp3) is 0.294. The summed E-state index contributed by atoms with van der Waals surface area (Å²) in [5.74, 6) is -2.49. The highest BCUT2D eigenvalue weighted by atomic mass is 16.4. The summed E-state index contributed by atoms with van der Waals surface area (Å²) in [7, 11) is -3.93. The van der Waals surface area contributed by atoms with E-state index in [-0.39, 0.29) is 41.2 Å². The first kappa shape index (κ1) is 23.3. The zero-order valence-corrected chi connectivity index (χ0v) is 15.8. The van der Waals surface area contributed by atoms with Crippen molar-refractivity contribution in [3.05, 3.63) is 35.9 Å². The molecule has 0 radical (unpaired) electrons. The van der Waals surface area contributed by atoms with E-state index in [2.05, 4.69) is 5.32 Å². The van der Waals surface area contributed by atoms with E-state index in [4.69, 9.17) is 0 Å². The van der Waals surface area contributed by atoms with Crippen LogP contribution in [-0.4, -0.2) is 72.6 Å². The molecule has 1 aromatic heterocycles. The van der Waals surface area contributed by atoms with Crippen LogP contribution in [0.3, 0.4) is 0 Å². The second-order valence-electron chi connectivity index (χ2n) is 6.62. The maximum absolute atomic E-state index is 12.2. The third kappa shape index (κ3) is 5.54. The molecule has 0 bridgehead atoms. The Kier molecular flexibility index (Phi) is 7.89. The van der Waals surface area contributed by atoms with Gasteiger partial charge < -0.3 is 40.7 Å². The molecule has 0 saturated heterocycles. The molecule has 160 valence electrons. The molecule has 1 unspecified atom stereocenters. The van der Waals surface area contributed by atoms with Crippen molar-refractivity contribution in [2.24, 2.45) is 0 Å². The Hall–Kier alpha value is -2.99. The summed E-state index contributed by atoms with van der Waals surface area (Å²) in [6.07, 6.45) is 0.872. The van der Waals surface area contributed by atoms with Crippen molar-refractivity contribution >= 4 is 37.0 Å². The molecule has 30 heavy (non-hydrogen) atoms. The van der Waals surface area contributed by atoms with Gasteiger partial charge in [-0.25, -0.2) is 4.79 Å². The number of carbonyl (C=O) groups is 2. The summed E-state index contributed by atoms with van der Waals surface area (Å²) in [6.45, 7) is 0.191. The first-order valence-corrected chi connectivity index (χ1v) is 9.09. The molecule has 2 rings (SSSR count). The van der Waals surface area contributed by atoms with E-state index in [1.165, 1.54) is 24.3 Å². The van der Waals surface area contributed by atoms with Crippen molar-refractivity contribution in [2.45, 2.75) is 25.3 Å². The molecule has 0 saturated carbocycles. The molecule has 8 N–H and O–H groups in total. The molecule has 0 aliphatic carbocycles. The fourth-order valence-electron chi connectivity index (χ4n) is 3.05. The van der Waals surface area contributed by atoms with Gasteiger partial charge in [-0.15, -0.1) is 0 Å². The number of nitrogens with one attached hydrogen (secondary N) is 1. The number of carboxylic acids is 1. The summed E-state index contributed by atoms with van der Waals surface area (Å²) in [5, 5.41) is 68.4. The summed E-state index contributed by atoms with van der Waals surface area (Å²) in [4.78, 5) is 23.7. The van der Waals surface area contributed by atoms with E-state index < -0.39 is 32.2 Å². The maximum atomic E-state index is 12.2. The van der Waals surface area contributed by atoms with Gasteiger partial charge in [-0.3, -0.25) is 9.36 Å². The molecule has 13 heteroatoms. The molecule has 1 heterocycles. The zero-order valence-electron chi connectivity index (χ0n) is 15.8. The lowest BCUT2D eigenvalue weighted by Gasteiger charge is -2.16. The van der Waals surface area contributed by atoms with Crippen molar-refractivity contribution in [1.82, 2.24) is 9.88 Å². The number of amides is 1. The first-order valence-electron chi connectivity index (χ1n) is 9.09. The predicted octanol–water partition coefficient (Wildman–Crippen LogP) is -2.52. The highest BCUT2D eigenvalue weighted by Crippen LogP contribution is 2.29. The number of aromatic hydroxyl groups is 2. The topological polar surface area (TPSA) is 193 Å². The van der Waals surface area contributed by atoms with E-state index in [1.54, 1.807) is 0 Å². The zero-order chi connectivity index (χ0) is 22.4. The van der Waals surface area contributed by atoms with Crippen LogP contribution in [0.4, 0.5) is 0 Å². The van der Waals surface area contributed by atoms with Crippen LogP contribution in [-0.2, 0) is 4.79 Å². The Balaban J connectivity index is 1.90. The third-order valence-electron chi connectivity index (χ3n) is 4.57. The van der Waals surface area contributed by atoms with Gasteiger partial charge in [0.15, 0.2) is 11.8 Å². The van der Waals surface area contributed by atoms with Gasteiger partial charge in [-0.2, -0.15) is 0 Å². The van der Waals surface area contributed by atoms with Gasteiger partial charge in [0.2, 0.25) is 0 Å². The quantitative estimate of drug-likeness (QED) is 0.151. The lowest BCUT2D eigenvalue weighted by Crippen LogP contribution is -2.49. The lowest BCUT2D eigenvalue weighted by atomic mass is 9.65. The monoisotopic (exact) mass is 420 g/mol. The van der Waals surface area contributed by atoms with Crippen molar-refractivity contribution in [3.63, 3.8) is 0 Å². The number of hydrogen-bond acceptors (Lipinski definition) is 8. The van der Waals surface area contributed by atoms with E-state index in [0.717, 1.165) is 10.6 Å². The van der Waals surface area contributed by atoms with Crippen LogP contribution in [0, 0.1) is 0 Å². The molecule has 0 aliphatic rings. The number of unbranched alkanes of at least 4 members (excludes halogenated alkanes) is 1. The normalized spacial score (nSPS) is 11.7. The van der Waals surface area contributed by atoms with Crippen LogP contribution >= 0.6 is 0 Å². The number of aromatic nitrogens is 1. The van der Waals surface area contributed by atoms with Crippen LogP contribution < -0.4 is 16.2 Å². The van der Waals surface area contributed by atoms with E-state index in [1.807, 2.05) is 0 Å². The van der Waals surface area contributed by atoms with Gasteiger partial charge in [-0.05, 0) is 36.3 Å². The van der Waals surface area contributed by atoms with Crippen molar-refractivity contribution in [1.29, 1.82) is 0 Å². The Morgan fingerprint density at radius 3 is 2.07 bits per heavy atom. The average Bonchev–Trinajstić information content (AvgIpc) is 3.01. The summed E-state index contributed by atoms with van der Waals surface area (Å²) >= 11 is 0. The van der Waals surface area contributed by atoms with Gasteiger partial charge >= 0.3 is 20.2 Å². The van der Waals surface area contributed by atoms with Gasteiger partial charge in [0.25, 0.3) is 5.91 Å². The van der Waals surface area contributed by atoms with Crippen LogP contribution in [0.25, 0.3) is 0 Å². The van der Waals surface area contributed by atoms with Crippen LogP contribution in [0.5, 0.6) is 11.8 Å². The maximum Gasteiger partial charge on any atom is 0.488 e. The molecule has 0 spiro atoms. The highest BCUT2D eigenvalue weighted by Gasteiger charge is 2.25. The van der Waals surface area contributed by atoms with Crippen molar-refractivity contribution in [2.75, 3.05) is 6.54 Å². The van der Waals surface area contributed by atoms with E-state index in [0.29, 0.717) is 12.8 Å². The number of carbonyl (C=O) groups excluding carboxylic acids is 1. The summed E-state index contributed by atoms with van der Waals surface area (Å²) in [5.41, 5.74) is -0.279. The van der Waals surface area contributed by atoms with Crippen molar-refractivity contribution < 1.29 is 45.0 Å². The highest BCUT2D eigenvalue weighted by molar-refractivity contribution is 6.71. The van der Waals surface area contributed by atoms with Gasteiger partial charge in [0, 0.05) is 24.2 Å². The van der Waals surface area contributed by atoms with Gasteiger partial charge in [-0.1, -0.05) is 12.1 Å². The minimum atomic E-state index is -2.00. The molecular formula is C17H22B2N2O9. The average molecular weight is 420 g/mol. The molecule has 0 aliphatic heterocycles. The number of rotatable bonds is 10. The number of hydrogen-bond donors (Lipinski definition) is 8. The molecule has 1 atom stereocenters. The molecular weight excluding hydrogens is 398 g/mol. The third-order valence-corrected chi connectivity index (χ3v) is 4.57. The Morgan fingerprint density at radius 2 is 1.53 bits per heavy atom. The predicted molar refractivity (Wildman–Crippen MR) is 107 cm³/mol. The lowest BCUT2D eigenvalue weighted by molar-refractivity contribution is -0.141. The van der Waals surface area contributed by atoms with Gasteiger partial charge in [0.1, 0.15) is 6.04 Å². The standard InChI is InChI=1S/C17H22B2N2O9/c22-14-6-7-15(23)21(14)13(17(25)26)3-1-2-8-20-16(24)10-4-5-11(18(27)28)12(9-10)19(29)30/h4-7,9,13,22-23,27-30H,1-3,8H2,(H,20,24)(H,25,26). The van der Waals surface area contributed by atoms with Crippen LogP contribution in [0.15, 0.2) is 30.3 Å². The Bertz CT molecular complexity index is 882. The SMILES string of the molecule is O=C(NCCCCC(C(=O)O)n1c(O)ccc1O)c1ccc(B(O)O)c(B(O)O)c1. The summed E-state index contributed by atoms with van der Waals surface area (Å²) < 4.78 is 0.903. The summed E-state index contributed by atoms with van der Waals surface area (Å²) in [6, 6.07) is 4.83. The molecule has 2 aromatic rings. The first-order chi connectivity index (χ1) is 14.1. The Labute approximate surface area is 172 Å². The van der Waals surface area contributed by atoms with Crippen LogP contribution in [0.2, 0.25) is 0 Å². The number of benzene rings is 1. The number of nitrogens with zero attached hydrogens (tertiary/aromatic N) is 1. The number of aliphatic carboxylic acids is 1. The van der Waals surface area contributed by atoms with Crippen LogP contribution in [0.1, 0.15) is 35.7 Å². The second kappa shape index (κ2) is 10.2. The second-order valence-corrected chi connectivity index (χ2v) is 6.62. The van der Waals surface area contributed by atoms with E-state index in [9.17, 15) is 45.0 Å². The minimum Gasteiger partial charge on any atom is -0.494 e. The largest absolute Gasteiger partial charge is 0.494 e. The number of carboxylic acid groups (broad SMARTS) is 1. The molecule has 1 amide bonds. The van der Waals surface area contributed by atoms with Gasteiger partial charge in [0.05, 0.1) is 0 Å². The fourth-order valence-corrected chi connectivity index (χ4v) is 3.05. The van der Waals surface area contributed by atoms with E-state index >= 15 is 0 Å². The smallest absolute Gasteiger partial charge is 0.488 e.